The predicted molar refractivity (Wildman–Crippen MR) is 50.3 cm³/mol. The van der Waals surface area contributed by atoms with Crippen molar-refractivity contribution in [2.45, 2.75) is 9.93 Å². The molecule has 14 heavy (non-hydrogen) atoms. The van der Waals surface area contributed by atoms with Crippen molar-refractivity contribution in [1.29, 1.82) is 0 Å². The molecule has 0 bridgehead atoms. The van der Waals surface area contributed by atoms with E-state index in [1.165, 1.54) is 0 Å². The lowest BCUT2D eigenvalue weighted by Crippen LogP contribution is -2.49. The smallest absolute Gasteiger partial charge is 0.351 e. The van der Waals surface area contributed by atoms with E-state index in [1.807, 2.05) is 0 Å². The van der Waals surface area contributed by atoms with Crippen molar-refractivity contribution in [3.63, 3.8) is 0 Å². The predicted octanol–water partition coefficient (Wildman–Crippen LogP) is 0.770. The number of rotatable bonds is 1. The van der Waals surface area contributed by atoms with Crippen LogP contribution in [0, 0.1) is 0 Å². The van der Waals surface area contributed by atoms with E-state index in [-0.39, 0.29) is 0 Å². The molecule has 0 radical (unpaired) electrons. The first kappa shape index (κ1) is 11.8. The summed E-state index contributed by atoms with van der Waals surface area (Å²) in [5.41, 5.74) is -2.58. The second-order valence-corrected chi connectivity index (χ2v) is 4.44. The fraction of sp³-hybridized carbons (Fsp3) is 0.429. The molecule has 0 saturated carbocycles. The monoisotopic (exact) mass is 258 g/mol. The lowest BCUT2D eigenvalue weighted by atomic mass is 10.0. The number of esters is 1. The minimum absolute atomic E-state index is 0.459. The highest BCUT2D eigenvalue weighted by Gasteiger charge is 2.60. The molecule has 0 aromatic rings. The van der Waals surface area contributed by atoms with Crippen LogP contribution in [0.3, 0.4) is 0 Å². The first-order chi connectivity index (χ1) is 6.26. The largest absolute Gasteiger partial charge is 0.466 e. The van der Waals surface area contributed by atoms with Crippen molar-refractivity contribution in [1.82, 2.24) is 0 Å². The molecule has 0 aromatic heterocycles. The van der Waals surface area contributed by atoms with Crippen molar-refractivity contribution in [3.05, 3.63) is 11.1 Å². The number of carbonyl (C=O) groups excluding carboxylic acids is 2. The van der Waals surface area contributed by atoms with Crippen LogP contribution >= 0.6 is 34.8 Å². The molecule has 1 aliphatic carbocycles. The average molecular weight is 259 g/mol. The van der Waals surface area contributed by atoms with Gasteiger partial charge in [0, 0.05) is 0 Å². The number of alkyl halides is 2. The number of carbonyl (C=O) groups is 2. The Balaban J connectivity index is 3.22. The van der Waals surface area contributed by atoms with Crippen LogP contribution < -0.4 is 0 Å². The van der Waals surface area contributed by atoms with E-state index in [2.05, 4.69) is 4.74 Å². The van der Waals surface area contributed by atoms with Gasteiger partial charge < -0.3 is 9.84 Å². The van der Waals surface area contributed by atoms with Crippen LogP contribution in [-0.2, 0) is 14.3 Å². The molecule has 78 valence electrons. The highest BCUT2D eigenvalue weighted by molar-refractivity contribution is 6.64. The lowest BCUT2D eigenvalue weighted by molar-refractivity contribution is -0.162. The van der Waals surface area contributed by atoms with E-state index in [0.717, 1.165) is 13.2 Å². The van der Waals surface area contributed by atoms with Crippen molar-refractivity contribution in [3.8, 4) is 0 Å². The number of hydrogen-bond acceptors (Lipinski definition) is 4. The summed E-state index contributed by atoms with van der Waals surface area (Å²) in [4.78, 5) is 22.5. The molecule has 0 saturated heterocycles. The molecule has 7 heteroatoms. The SMILES string of the molecule is COC(=O)C1(O)C(=O)C(Cl)(Cl)C=C1Cl. The highest BCUT2D eigenvalue weighted by atomic mass is 35.5. The third-order valence-corrected chi connectivity index (χ3v) is 2.71. The summed E-state index contributed by atoms with van der Waals surface area (Å²) < 4.78 is 2.22. The van der Waals surface area contributed by atoms with E-state index in [9.17, 15) is 14.7 Å². The van der Waals surface area contributed by atoms with Crippen LogP contribution in [0.1, 0.15) is 0 Å². The zero-order valence-corrected chi connectivity index (χ0v) is 9.15. The summed E-state index contributed by atoms with van der Waals surface area (Å²) in [5, 5.41) is 9.18. The summed E-state index contributed by atoms with van der Waals surface area (Å²) in [5.74, 6) is -2.35. The van der Waals surface area contributed by atoms with Crippen molar-refractivity contribution in [2.75, 3.05) is 7.11 Å². The zero-order chi connectivity index (χ0) is 11.1. The Bertz CT molecular complexity index is 336. The Morgan fingerprint density at radius 1 is 1.57 bits per heavy atom. The molecule has 0 aromatic carbocycles. The number of hydrogen-bond donors (Lipinski definition) is 1. The van der Waals surface area contributed by atoms with Crippen LogP contribution in [0.4, 0.5) is 0 Å². The highest BCUT2D eigenvalue weighted by Crippen LogP contribution is 2.42. The quantitative estimate of drug-likeness (QED) is 0.429. The number of Topliss-reactive ketones (excluding diaryl/α,β-unsaturated/α-hetero) is 1. The van der Waals surface area contributed by atoms with E-state index >= 15 is 0 Å². The van der Waals surface area contributed by atoms with E-state index in [0.29, 0.717) is 0 Å². The number of aliphatic hydroxyl groups is 1. The first-order valence-corrected chi connectivity index (χ1v) is 4.52. The Kier molecular flexibility index (Phi) is 2.84. The van der Waals surface area contributed by atoms with Crippen LogP contribution in [-0.4, -0.2) is 33.9 Å². The second kappa shape index (κ2) is 3.38. The summed E-state index contributed by atoms with van der Waals surface area (Å²) in [6.07, 6.45) is 0.886. The fourth-order valence-corrected chi connectivity index (χ4v) is 1.95. The van der Waals surface area contributed by atoms with Gasteiger partial charge in [-0.05, 0) is 6.08 Å². The zero-order valence-electron chi connectivity index (χ0n) is 6.88. The van der Waals surface area contributed by atoms with Gasteiger partial charge in [0.05, 0.1) is 12.1 Å². The average Bonchev–Trinajstić information content (AvgIpc) is 2.26. The number of halogens is 3. The van der Waals surface area contributed by atoms with Crippen LogP contribution in [0.15, 0.2) is 11.1 Å². The molecule has 1 rings (SSSR count). The molecule has 0 spiro atoms. The van der Waals surface area contributed by atoms with Crippen molar-refractivity contribution < 1.29 is 19.4 Å². The first-order valence-electron chi connectivity index (χ1n) is 3.39. The summed E-state index contributed by atoms with van der Waals surface area (Å²) in [6.45, 7) is 0. The fourth-order valence-electron chi connectivity index (χ4n) is 1.02. The van der Waals surface area contributed by atoms with Gasteiger partial charge in [0.1, 0.15) is 0 Å². The normalized spacial score (nSPS) is 30.1. The Hall–Kier alpha value is -0.290. The minimum Gasteiger partial charge on any atom is -0.466 e. The van der Waals surface area contributed by atoms with Gasteiger partial charge >= 0.3 is 5.97 Å². The molecule has 0 aliphatic heterocycles. The molecular weight excluding hydrogens is 254 g/mol. The maximum Gasteiger partial charge on any atom is 0.351 e. The van der Waals surface area contributed by atoms with Crippen LogP contribution in [0.2, 0.25) is 0 Å². The summed E-state index contributed by atoms with van der Waals surface area (Å²) in [7, 11) is 1.00. The van der Waals surface area contributed by atoms with E-state index < -0.39 is 26.7 Å². The molecule has 1 unspecified atom stereocenters. The summed E-state index contributed by atoms with van der Waals surface area (Å²) >= 11 is 16.5. The number of ether oxygens (including phenoxy) is 1. The summed E-state index contributed by atoms with van der Waals surface area (Å²) in [6, 6.07) is 0. The minimum atomic E-state index is -2.58. The third-order valence-electron chi connectivity index (χ3n) is 1.77. The standard InChI is InChI=1S/C7H5Cl3O4/c1-14-5(12)7(13)3(8)2-6(9,10)4(7)11/h2,13H,1H3. The van der Waals surface area contributed by atoms with Crippen LogP contribution in [0.25, 0.3) is 0 Å². The Morgan fingerprint density at radius 3 is 2.36 bits per heavy atom. The maximum atomic E-state index is 11.4. The van der Waals surface area contributed by atoms with Gasteiger partial charge in [-0.15, -0.1) is 0 Å². The molecule has 1 aliphatic rings. The van der Waals surface area contributed by atoms with Gasteiger partial charge in [0.2, 0.25) is 5.78 Å². The van der Waals surface area contributed by atoms with Gasteiger partial charge in [-0.3, -0.25) is 4.79 Å². The molecule has 4 nitrogen and oxygen atoms in total. The maximum absolute atomic E-state index is 11.4. The van der Waals surface area contributed by atoms with E-state index in [1.54, 1.807) is 0 Å². The molecule has 0 heterocycles. The van der Waals surface area contributed by atoms with Crippen molar-refractivity contribution in [2.24, 2.45) is 0 Å². The van der Waals surface area contributed by atoms with Gasteiger partial charge in [0.25, 0.3) is 5.60 Å². The number of allylic oxidation sites excluding steroid dienone is 1. The Morgan fingerprint density at radius 2 is 2.07 bits per heavy atom. The molecule has 1 N–H and O–H groups in total. The van der Waals surface area contributed by atoms with Crippen molar-refractivity contribution >= 4 is 46.6 Å². The topological polar surface area (TPSA) is 63.6 Å². The number of ketones is 1. The van der Waals surface area contributed by atoms with Crippen LogP contribution in [0.5, 0.6) is 0 Å². The van der Waals surface area contributed by atoms with Gasteiger partial charge in [-0.2, -0.15) is 0 Å². The number of methoxy groups -OCH3 is 1. The molecular formula is C7H5Cl3O4. The third kappa shape index (κ3) is 1.42. The molecule has 0 fully saturated rings. The van der Waals surface area contributed by atoms with Gasteiger partial charge in [-0.1, -0.05) is 34.8 Å². The molecule has 1 atom stereocenters. The van der Waals surface area contributed by atoms with Gasteiger partial charge in [-0.25, -0.2) is 4.79 Å². The van der Waals surface area contributed by atoms with Gasteiger partial charge in [0.15, 0.2) is 4.33 Å². The second-order valence-electron chi connectivity index (χ2n) is 2.65. The molecule has 0 amide bonds. The lowest BCUT2D eigenvalue weighted by Gasteiger charge is -2.19. The Labute approximate surface area is 94.4 Å². The van der Waals surface area contributed by atoms with E-state index in [4.69, 9.17) is 34.8 Å².